The highest BCUT2D eigenvalue weighted by Crippen LogP contribution is 2.38. The second-order valence-electron chi connectivity index (χ2n) is 6.94. The molecule has 144 valence electrons. The molecule has 1 fully saturated rings. The zero-order valence-corrected chi connectivity index (χ0v) is 16.6. The molecule has 6 nitrogen and oxygen atoms in total. The molecule has 0 aliphatic carbocycles. The first kappa shape index (κ1) is 19.4. The highest BCUT2D eigenvalue weighted by Gasteiger charge is 2.41. The van der Waals surface area contributed by atoms with Crippen molar-refractivity contribution >= 4 is 23.4 Å². The van der Waals surface area contributed by atoms with Gasteiger partial charge in [0.05, 0.1) is 18.5 Å². The zero-order valence-electron chi connectivity index (χ0n) is 15.8. The van der Waals surface area contributed by atoms with Crippen molar-refractivity contribution in [2.75, 3.05) is 13.6 Å². The fraction of sp³-hybridized carbons (Fsp3) is 0.450. The fourth-order valence-corrected chi connectivity index (χ4v) is 3.88. The smallest absolute Gasteiger partial charge is 0.228 e. The predicted octanol–water partition coefficient (Wildman–Crippen LogP) is 3.59. The Morgan fingerprint density at radius 2 is 2.07 bits per heavy atom. The average Bonchev–Trinajstić information content (AvgIpc) is 3.06. The van der Waals surface area contributed by atoms with E-state index in [2.05, 4.69) is 5.16 Å². The fourth-order valence-electron chi connectivity index (χ4n) is 3.75. The third kappa shape index (κ3) is 4.16. The summed E-state index contributed by atoms with van der Waals surface area (Å²) in [5, 5.41) is 4.60. The first-order valence-corrected chi connectivity index (χ1v) is 9.50. The number of nitrogens with zero attached hydrogens (tertiary/aromatic N) is 3. The van der Waals surface area contributed by atoms with Crippen molar-refractivity contribution in [1.29, 1.82) is 0 Å². The maximum atomic E-state index is 13.2. The van der Waals surface area contributed by atoms with Crippen molar-refractivity contribution in [3.8, 4) is 0 Å². The molecule has 1 aromatic heterocycles. The summed E-state index contributed by atoms with van der Waals surface area (Å²) in [7, 11) is 1.76. The molecule has 1 aliphatic heterocycles. The summed E-state index contributed by atoms with van der Waals surface area (Å²) < 4.78 is 5.09. The molecule has 2 atom stereocenters. The van der Waals surface area contributed by atoms with E-state index in [0.717, 1.165) is 5.56 Å². The maximum absolute atomic E-state index is 13.2. The maximum Gasteiger partial charge on any atom is 0.228 e. The number of aromatic nitrogens is 1. The second kappa shape index (κ2) is 8.13. The van der Waals surface area contributed by atoms with Crippen LogP contribution in [0.5, 0.6) is 0 Å². The number of piperidine rings is 1. The Morgan fingerprint density at radius 1 is 1.37 bits per heavy atom. The van der Waals surface area contributed by atoms with E-state index in [1.807, 2.05) is 32.0 Å². The third-order valence-electron chi connectivity index (χ3n) is 5.03. The minimum Gasteiger partial charge on any atom is -0.361 e. The minimum absolute atomic E-state index is 0.00144. The number of hydrogen-bond acceptors (Lipinski definition) is 4. The van der Waals surface area contributed by atoms with Gasteiger partial charge in [0, 0.05) is 31.1 Å². The van der Waals surface area contributed by atoms with Crippen LogP contribution >= 0.6 is 11.6 Å². The summed E-state index contributed by atoms with van der Waals surface area (Å²) >= 11 is 6.02. The van der Waals surface area contributed by atoms with Crippen molar-refractivity contribution in [3.63, 3.8) is 0 Å². The Bertz CT molecular complexity index is 818. The molecule has 2 heterocycles. The number of carbonyl (C=O) groups is 2. The number of hydrogen-bond donors (Lipinski definition) is 0. The van der Waals surface area contributed by atoms with Gasteiger partial charge in [-0.15, -0.1) is 0 Å². The average molecular weight is 390 g/mol. The topological polar surface area (TPSA) is 66.7 Å². The van der Waals surface area contributed by atoms with E-state index < -0.39 is 0 Å². The Hall–Kier alpha value is -2.34. The van der Waals surface area contributed by atoms with E-state index in [4.69, 9.17) is 16.1 Å². The highest BCUT2D eigenvalue weighted by molar-refractivity contribution is 6.30. The Labute approximate surface area is 164 Å². The van der Waals surface area contributed by atoms with E-state index in [9.17, 15) is 9.59 Å². The molecular weight excluding hydrogens is 366 g/mol. The molecule has 2 aromatic rings. The normalized spacial score (nSPS) is 20.0. The van der Waals surface area contributed by atoms with Crippen molar-refractivity contribution in [1.82, 2.24) is 15.0 Å². The van der Waals surface area contributed by atoms with Gasteiger partial charge in [0.1, 0.15) is 11.5 Å². The molecule has 0 saturated carbocycles. The van der Waals surface area contributed by atoms with Crippen LogP contribution in [0.4, 0.5) is 0 Å². The number of rotatable bonds is 5. The van der Waals surface area contributed by atoms with E-state index >= 15 is 0 Å². The van der Waals surface area contributed by atoms with Crippen LogP contribution in [0.3, 0.4) is 0 Å². The van der Waals surface area contributed by atoms with Crippen LogP contribution < -0.4 is 0 Å². The summed E-state index contributed by atoms with van der Waals surface area (Å²) in [6.07, 6.45) is 0.912. The largest absolute Gasteiger partial charge is 0.361 e. The summed E-state index contributed by atoms with van der Waals surface area (Å²) in [6.45, 7) is 4.69. The van der Waals surface area contributed by atoms with Crippen LogP contribution in [0.2, 0.25) is 5.02 Å². The number of benzene rings is 1. The standard InChI is InChI=1S/C20H24ClN3O3/c1-4-24-18(25)10-9-17(19(24)14-5-7-15(21)8-6-14)20(26)23(3)12-16-11-13(2)27-22-16/h5-8,11,17,19H,4,9-10,12H2,1-3H3/t17-,19+/m1/s1. The molecule has 1 aromatic carbocycles. The molecular formula is C20H24ClN3O3. The molecule has 0 N–H and O–H groups in total. The van der Waals surface area contributed by atoms with Crippen molar-refractivity contribution in [2.45, 2.75) is 39.3 Å². The molecule has 0 spiro atoms. The highest BCUT2D eigenvalue weighted by atomic mass is 35.5. The predicted molar refractivity (Wildman–Crippen MR) is 102 cm³/mol. The van der Waals surface area contributed by atoms with Gasteiger partial charge < -0.3 is 14.3 Å². The van der Waals surface area contributed by atoms with E-state index in [1.165, 1.54) is 0 Å². The van der Waals surface area contributed by atoms with E-state index in [-0.39, 0.29) is 23.8 Å². The van der Waals surface area contributed by atoms with Gasteiger partial charge in [-0.3, -0.25) is 9.59 Å². The molecule has 0 radical (unpaired) electrons. The summed E-state index contributed by atoms with van der Waals surface area (Å²) in [5.41, 5.74) is 1.64. The molecule has 2 amide bonds. The molecule has 1 saturated heterocycles. The first-order chi connectivity index (χ1) is 12.9. The Morgan fingerprint density at radius 3 is 2.67 bits per heavy atom. The molecule has 7 heteroatoms. The van der Waals surface area contributed by atoms with Gasteiger partial charge in [0.2, 0.25) is 11.8 Å². The minimum atomic E-state index is -0.304. The molecule has 3 rings (SSSR count). The van der Waals surface area contributed by atoms with Crippen molar-refractivity contribution in [2.24, 2.45) is 5.92 Å². The summed E-state index contributed by atoms with van der Waals surface area (Å²) in [5.74, 6) is 0.491. The van der Waals surface area contributed by atoms with Crippen molar-refractivity contribution in [3.05, 3.63) is 52.4 Å². The molecule has 0 unspecified atom stereocenters. The van der Waals surface area contributed by atoms with Crippen LogP contribution in [-0.4, -0.2) is 40.4 Å². The first-order valence-electron chi connectivity index (χ1n) is 9.12. The molecule has 1 aliphatic rings. The number of carbonyl (C=O) groups excluding carboxylic acids is 2. The van der Waals surface area contributed by atoms with E-state index in [0.29, 0.717) is 42.4 Å². The van der Waals surface area contributed by atoms with Crippen LogP contribution in [-0.2, 0) is 16.1 Å². The SMILES string of the molecule is CCN1C(=O)CC[C@@H](C(=O)N(C)Cc2cc(C)on2)[C@@H]1c1ccc(Cl)cc1. The second-order valence-corrected chi connectivity index (χ2v) is 7.38. The number of aryl methyl sites for hydroxylation is 1. The van der Waals surface area contributed by atoms with Gasteiger partial charge >= 0.3 is 0 Å². The quantitative estimate of drug-likeness (QED) is 0.783. The van der Waals surface area contributed by atoms with E-state index in [1.54, 1.807) is 29.0 Å². The van der Waals surface area contributed by atoms with Gasteiger partial charge in [-0.2, -0.15) is 0 Å². The summed E-state index contributed by atoms with van der Waals surface area (Å²) in [4.78, 5) is 29.1. The van der Waals surface area contributed by atoms with Gasteiger partial charge in [-0.05, 0) is 38.0 Å². The lowest BCUT2D eigenvalue weighted by Crippen LogP contribution is -2.48. The molecule has 27 heavy (non-hydrogen) atoms. The lowest BCUT2D eigenvalue weighted by Gasteiger charge is -2.41. The van der Waals surface area contributed by atoms with Gasteiger partial charge in [0.25, 0.3) is 0 Å². The van der Waals surface area contributed by atoms with Crippen LogP contribution in [0.1, 0.15) is 42.8 Å². The number of halogens is 1. The monoisotopic (exact) mass is 389 g/mol. The van der Waals surface area contributed by atoms with Gasteiger partial charge in [0.15, 0.2) is 0 Å². The number of likely N-dealkylation sites (tertiary alicyclic amines) is 1. The van der Waals surface area contributed by atoms with Crippen LogP contribution in [0.15, 0.2) is 34.9 Å². The van der Waals surface area contributed by atoms with Gasteiger partial charge in [-0.1, -0.05) is 28.9 Å². The van der Waals surface area contributed by atoms with Crippen LogP contribution in [0, 0.1) is 12.8 Å². The Kier molecular flexibility index (Phi) is 5.85. The lowest BCUT2D eigenvalue weighted by molar-refractivity contribution is -0.147. The third-order valence-corrected chi connectivity index (χ3v) is 5.28. The van der Waals surface area contributed by atoms with Crippen molar-refractivity contribution < 1.29 is 14.1 Å². The lowest BCUT2D eigenvalue weighted by atomic mass is 9.83. The molecule has 0 bridgehead atoms. The Balaban J connectivity index is 1.86. The summed E-state index contributed by atoms with van der Waals surface area (Å²) in [6, 6.07) is 8.93. The number of amides is 2. The van der Waals surface area contributed by atoms with Crippen LogP contribution in [0.25, 0.3) is 0 Å². The zero-order chi connectivity index (χ0) is 19.6. The van der Waals surface area contributed by atoms with Gasteiger partial charge in [-0.25, -0.2) is 0 Å².